The predicted molar refractivity (Wildman–Crippen MR) is 81.4 cm³/mol. The van der Waals surface area contributed by atoms with Crippen LogP contribution in [0.4, 0.5) is 10.6 Å². The highest BCUT2D eigenvalue weighted by Crippen LogP contribution is 2.18. The van der Waals surface area contributed by atoms with Crippen molar-refractivity contribution >= 4 is 11.9 Å². The molecule has 6 nitrogen and oxygen atoms in total. The van der Waals surface area contributed by atoms with Crippen molar-refractivity contribution in [3.8, 4) is 0 Å². The number of hydrogen-bond acceptors (Lipinski definition) is 5. The van der Waals surface area contributed by atoms with E-state index >= 15 is 0 Å². The first-order chi connectivity index (χ1) is 9.83. The van der Waals surface area contributed by atoms with Gasteiger partial charge in [-0.15, -0.1) is 0 Å². The smallest absolute Gasteiger partial charge is 0.407 e. The number of amides is 1. The molecule has 1 fully saturated rings. The number of carbonyl (C=O) groups excluding carboxylic acids is 1. The number of hydrogen-bond donors (Lipinski definition) is 1. The Balaban J connectivity index is 1.93. The van der Waals surface area contributed by atoms with E-state index in [1.165, 1.54) is 0 Å². The van der Waals surface area contributed by atoms with Gasteiger partial charge in [0, 0.05) is 30.9 Å². The first-order valence-electron chi connectivity index (χ1n) is 7.36. The van der Waals surface area contributed by atoms with Crippen molar-refractivity contribution in [3.05, 3.63) is 18.1 Å². The van der Waals surface area contributed by atoms with Crippen LogP contribution in [0.1, 0.15) is 39.3 Å². The monoisotopic (exact) mass is 292 g/mol. The van der Waals surface area contributed by atoms with Crippen LogP contribution >= 0.6 is 0 Å². The van der Waals surface area contributed by atoms with E-state index in [1.54, 1.807) is 6.33 Å². The zero-order chi connectivity index (χ0) is 15.5. The molecule has 2 heterocycles. The van der Waals surface area contributed by atoms with E-state index in [1.807, 2.05) is 33.8 Å². The number of ether oxygens (including phenoxy) is 1. The topological polar surface area (TPSA) is 67.4 Å². The summed E-state index contributed by atoms with van der Waals surface area (Å²) in [5, 5.41) is 2.94. The summed E-state index contributed by atoms with van der Waals surface area (Å²) in [6.07, 6.45) is 3.20. The van der Waals surface area contributed by atoms with Gasteiger partial charge in [-0.25, -0.2) is 14.8 Å². The standard InChI is InChI=1S/C15H24N4O2/c1-11-8-13(17-10-16-11)19-7-5-6-12(9-19)18-14(20)21-15(2,3)4/h8,10,12H,5-7,9H2,1-4H3,(H,18,20). The van der Waals surface area contributed by atoms with Crippen molar-refractivity contribution in [3.63, 3.8) is 0 Å². The third kappa shape index (κ3) is 4.88. The van der Waals surface area contributed by atoms with Crippen LogP contribution in [0.5, 0.6) is 0 Å². The molecule has 0 aliphatic carbocycles. The minimum absolute atomic E-state index is 0.0869. The molecule has 0 radical (unpaired) electrons. The summed E-state index contributed by atoms with van der Waals surface area (Å²) < 4.78 is 5.31. The molecule has 2 rings (SSSR count). The van der Waals surface area contributed by atoms with Gasteiger partial charge in [0.05, 0.1) is 0 Å². The van der Waals surface area contributed by atoms with Gasteiger partial charge in [0.25, 0.3) is 0 Å². The van der Waals surface area contributed by atoms with E-state index in [2.05, 4.69) is 20.2 Å². The summed E-state index contributed by atoms with van der Waals surface area (Å²) in [7, 11) is 0. The number of aryl methyl sites for hydroxylation is 1. The predicted octanol–water partition coefficient (Wildman–Crippen LogP) is 2.28. The van der Waals surface area contributed by atoms with Gasteiger partial charge in [-0.1, -0.05) is 0 Å². The number of aromatic nitrogens is 2. The zero-order valence-corrected chi connectivity index (χ0v) is 13.2. The first-order valence-corrected chi connectivity index (χ1v) is 7.36. The average molecular weight is 292 g/mol. The number of rotatable bonds is 2. The minimum atomic E-state index is -0.470. The fourth-order valence-corrected chi connectivity index (χ4v) is 2.39. The summed E-state index contributed by atoms with van der Waals surface area (Å²) in [6.45, 7) is 9.24. The lowest BCUT2D eigenvalue weighted by molar-refractivity contribution is 0.0500. The Morgan fingerprint density at radius 2 is 2.19 bits per heavy atom. The molecule has 0 aromatic carbocycles. The Morgan fingerprint density at radius 3 is 2.86 bits per heavy atom. The summed E-state index contributed by atoms with van der Waals surface area (Å²) in [6, 6.07) is 2.06. The highest BCUT2D eigenvalue weighted by atomic mass is 16.6. The zero-order valence-electron chi connectivity index (χ0n) is 13.2. The number of piperidine rings is 1. The number of alkyl carbamates (subject to hydrolysis) is 1. The fraction of sp³-hybridized carbons (Fsp3) is 0.667. The van der Waals surface area contributed by atoms with Crippen molar-refractivity contribution in [2.75, 3.05) is 18.0 Å². The lowest BCUT2D eigenvalue weighted by atomic mass is 10.1. The van der Waals surface area contributed by atoms with E-state index in [0.29, 0.717) is 0 Å². The molecular weight excluding hydrogens is 268 g/mol. The second-order valence-corrected chi connectivity index (χ2v) is 6.45. The summed E-state index contributed by atoms with van der Waals surface area (Å²) >= 11 is 0. The molecule has 21 heavy (non-hydrogen) atoms. The average Bonchev–Trinajstić information content (AvgIpc) is 2.36. The van der Waals surface area contributed by atoms with Crippen LogP contribution < -0.4 is 10.2 Å². The second kappa shape index (κ2) is 6.28. The molecule has 1 aliphatic heterocycles. The van der Waals surface area contributed by atoms with Crippen LogP contribution in [0.3, 0.4) is 0 Å². The molecule has 1 saturated heterocycles. The molecule has 1 N–H and O–H groups in total. The molecule has 1 amide bonds. The second-order valence-electron chi connectivity index (χ2n) is 6.45. The lowest BCUT2D eigenvalue weighted by Gasteiger charge is -2.34. The van der Waals surface area contributed by atoms with Crippen molar-refractivity contribution < 1.29 is 9.53 Å². The van der Waals surface area contributed by atoms with Crippen molar-refractivity contribution in [2.24, 2.45) is 0 Å². The molecule has 0 spiro atoms. The van der Waals surface area contributed by atoms with Crippen molar-refractivity contribution in [1.29, 1.82) is 0 Å². The van der Waals surface area contributed by atoms with Crippen LogP contribution in [-0.2, 0) is 4.74 Å². The Kier molecular flexibility index (Phi) is 4.65. The molecule has 1 unspecified atom stereocenters. The van der Waals surface area contributed by atoms with Crippen LogP contribution in [0.2, 0.25) is 0 Å². The maximum absolute atomic E-state index is 11.8. The summed E-state index contributed by atoms with van der Waals surface area (Å²) in [5.74, 6) is 0.915. The fourth-order valence-electron chi connectivity index (χ4n) is 2.39. The Bertz CT molecular complexity index is 499. The van der Waals surface area contributed by atoms with E-state index < -0.39 is 5.60 Å². The van der Waals surface area contributed by atoms with Gasteiger partial charge in [0.1, 0.15) is 17.7 Å². The Morgan fingerprint density at radius 1 is 1.43 bits per heavy atom. The van der Waals surface area contributed by atoms with Gasteiger partial charge in [-0.05, 0) is 40.5 Å². The highest BCUT2D eigenvalue weighted by Gasteiger charge is 2.24. The van der Waals surface area contributed by atoms with Crippen molar-refractivity contribution in [1.82, 2.24) is 15.3 Å². The van der Waals surface area contributed by atoms with Crippen LogP contribution in [0, 0.1) is 6.92 Å². The quantitative estimate of drug-likeness (QED) is 0.905. The first kappa shape index (κ1) is 15.5. The third-order valence-electron chi connectivity index (χ3n) is 3.26. The summed E-state index contributed by atoms with van der Waals surface area (Å²) in [5.41, 5.74) is 0.476. The van der Waals surface area contributed by atoms with Crippen LogP contribution in [0.15, 0.2) is 12.4 Å². The number of anilines is 1. The normalized spacial score (nSPS) is 19.2. The van der Waals surface area contributed by atoms with Crippen LogP contribution in [-0.4, -0.2) is 40.8 Å². The van der Waals surface area contributed by atoms with Gasteiger partial charge in [-0.2, -0.15) is 0 Å². The maximum atomic E-state index is 11.8. The minimum Gasteiger partial charge on any atom is -0.444 e. The Labute approximate surface area is 125 Å². The molecule has 1 atom stereocenters. The molecule has 1 aromatic heterocycles. The molecule has 0 saturated carbocycles. The van der Waals surface area contributed by atoms with Gasteiger partial charge < -0.3 is 15.0 Å². The number of nitrogens with zero attached hydrogens (tertiary/aromatic N) is 3. The molecule has 0 bridgehead atoms. The van der Waals surface area contributed by atoms with Crippen LogP contribution in [0.25, 0.3) is 0 Å². The van der Waals surface area contributed by atoms with Gasteiger partial charge in [-0.3, -0.25) is 0 Å². The molecule has 1 aliphatic rings. The van der Waals surface area contributed by atoms with Gasteiger partial charge in [0.15, 0.2) is 0 Å². The molecule has 116 valence electrons. The molecular formula is C15H24N4O2. The van der Waals surface area contributed by atoms with Gasteiger partial charge in [0.2, 0.25) is 0 Å². The number of nitrogens with one attached hydrogen (secondary N) is 1. The summed E-state index contributed by atoms with van der Waals surface area (Å²) in [4.78, 5) is 22.4. The van der Waals surface area contributed by atoms with E-state index in [9.17, 15) is 4.79 Å². The highest BCUT2D eigenvalue weighted by molar-refractivity contribution is 5.68. The number of carbonyl (C=O) groups is 1. The molecule has 6 heteroatoms. The third-order valence-corrected chi connectivity index (χ3v) is 3.26. The van der Waals surface area contributed by atoms with E-state index in [0.717, 1.165) is 37.4 Å². The van der Waals surface area contributed by atoms with Gasteiger partial charge >= 0.3 is 6.09 Å². The lowest BCUT2D eigenvalue weighted by Crippen LogP contribution is -2.49. The maximum Gasteiger partial charge on any atom is 0.407 e. The molecule has 1 aromatic rings. The van der Waals surface area contributed by atoms with E-state index in [4.69, 9.17) is 4.74 Å². The van der Waals surface area contributed by atoms with Crippen molar-refractivity contribution in [2.45, 2.75) is 52.2 Å². The largest absolute Gasteiger partial charge is 0.444 e. The SMILES string of the molecule is Cc1cc(N2CCCC(NC(=O)OC(C)(C)C)C2)ncn1. The Hall–Kier alpha value is -1.85. The van der Waals surface area contributed by atoms with E-state index in [-0.39, 0.29) is 12.1 Å².